The molecule has 2 aliphatic heterocycles. The standard InChI is InChI=1S/C32H29F2N7O/c1-35-22-7-8-24(25(14-22)31-38-36-18-39(31)2)21-12-29(20-5-6-20)37-30(13-21)41-17-27-26(32(41)42)10-19(11-28(27)34)16-40-9-3-4-23(40)15-33/h7-8,10-14,18,20,23H,3-6,9,15-17H2,2H3/t23-/m1/s1. The summed E-state index contributed by atoms with van der Waals surface area (Å²) in [6.07, 6.45) is 5.36. The van der Waals surface area contributed by atoms with Gasteiger partial charge in [-0.05, 0) is 79.3 Å². The number of hydrogen-bond donors (Lipinski definition) is 0. The summed E-state index contributed by atoms with van der Waals surface area (Å²) in [7, 11) is 1.85. The highest BCUT2D eigenvalue weighted by atomic mass is 19.1. The fraction of sp³-hybridized carbons (Fsp3) is 0.344. The summed E-state index contributed by atoms with van der Waals surface area (Å²) in [4.78, 5) is 25.8. The smallest absolute Gasteiger partial charge is 0.260 e. The van der Waals surface area contributed by atoms with Gasteiger partial charge in [0, 0.05) is 47.9 Å². The van der Waals surface area contributed by atoms with Gasteiger partial charge in [0.05, 0.1) is 13.1 Å². The predicted octanol–water partition coefficient (Wildman–Crippen LogP) is 6.21. The molecule has 4 aromatic rings. The summed E-state index contributed by atoms with van der Waals surface area (Å²) in [5.41, 5.74) is 5.17. The quantitative estimate of drug-likeness (QED) is 0.249. The Balaban J connectivity index is 1.27. The van der Waals surface area contributed by atoms with E-state index in [0.717, 1.165) is 54.6 Å². The van der Waals surface area contributed by atoms with Gasteiger partial charge in [0.25, 0.3) is 5.91 Å². The number of pyridine rings is 1. The first-order valence-electron chi connectivity index (χ1n) is 14.2. The van der Waals surface area contributed by atoms with Gasteiger partial charge in [-0.3, -0.25) is 14.6 Å². The normalized spacial score (nSPS) is 18.5. The van der Waals surface area contributed by atoms with Crippen LogP contribution in [0.2, 0.25) is 0 Å². The van der Waals surface area contributed by atoms with Crippen molar-refractivity contribution in [3.8, 4) is 22.5 Å². The molecular weight excluding hydrogens is 536 g/mol. The first-order valence-corrected chi connectivity index (χ1v) is 14.2. The van der Waals surface area contributed by atoms with Crippen molar-refractivity contribution in [2.75, 3.05) is 18.1 Å². The molecule has 2 aromatic carbocycles. The number of aromatic nitrogens is 4. The molecule has 0 unspecified atom stereocenters. The Morgan fingerprint density at radius 3 is 2.67 bits per heavy atom. The lowest BCUT2D eigenvalue weighted by atomic mass is 9.97. The van der Waals surface area contributed by atoms with E-state index in [2.05, 4.69) is 15.0 Å². The Bertz CT molecular complexity index is 1760. The van der Waals surface area contributed by atoms with E-state index in [0.29, 0.717) is 46.5 Å². The average Bonchev–Trinajstić information content (AvgIpc) is 3.47. The number of carbonyl (C=O) groups excluding carboxylic acids is 1. The molecule has 0 radical (unpaired) electrons. The molecule has 1 saturated carbocycles. The molecule has 7 rings (SSSR count). The third kappa shape index (κ3) is 4.64. The van der Waals surface area contributed by atoms with Crippen LogP contribution in [0.5, 0.6) is 0 Å². The van der Waals surface area contributed by atoms with Gasteiger partial charge < -0.3 is 4.57 Å². The van der Waals surface area contributed by atoms with Crippen molar-refractivity contribution in [2.45, 2.75) is 50.7 Å². The van der Waals surface area contributed by atoms with E-state index in [4.69, 9.17) is 11.6 Å². The molecular formula is C32H29F2N7O. The van der Waals surface area contributed by atoms with Gasteiger partial charge in [-0.2, -0.15) is 0 Å². The third-order valence-corrected chi connectivity index (χ3v) is 8.61. The van der Waals surface area contributed by atoms with Crippen LogP contribution in [0.25, 0.3) is 27.4 Å². The Hall–Kier alpha value is -4.49. The molecule has 8 nitrogen and oxygen atoms in total. The third-order valence-electron chi connectivity index (χ3n) is 8.61. The van der Waals surface area contributed by atoms with E-state index in [1.54, 1.807) is 34.0 Å². The first-order chi connectivity index (χ1) is 20.4. The highest BCUT2D eigenvalue weighted by Crippen LogP contribution is 2.43. The van der Waals surface area contributed by atoms with Gasteiger partial charge >= 0.3 is 0 Å². The van der Waals surface area contributed by atoms with Crippen molar-refractivity contribution in [3.05, 3.63) is 88.4 Å². The molecule has 212 valence electrons. The van der Waals surface area contributed by atoms with Crippen molar-refractivity contribution in [1.82, 2.24) is 24.6 Å². The number of aryl methyl sites for hydroxylation is 1. The molecule has 0 N–H and O–H groups in total. The van der Waals surface area contributed by atoms with Crippen LogP contribution in [0.4, 0.5) is 20.3 Å². The molecule has 1 amide bonds. The number of benzene rings is 2. The lowest BCUT2D eigenvalue weighted by Crippen LogP contribution is -2.30. The summed E-state index contributed by atoms with van der Waals surface area (Å²) < 4.78 is 30.7. The highest BCUT2D eigenvalue weighted by Gasteiger charge is 2.35. The second-order valence-corrected chi connectivity index (χ2v) is 11.4. The number of carbonyl (C=O) groups is 1. The Kier molecular flexibility index (Phi) is 6.54. The largest absolute Gasteiger partial charge is 0.317 e. The topological polar surface area (TPSA) is 71.5 Å². The van der Waals surface area contributed by atoms with Gasteiger partial charge in [0.1, 0.15) is 24.6 Å². The number of rotatable bonds is 7. The lowest BCUT2D eigenvalue weighted by molar-refractivity contribution is 0.0995. The zero-order valence-electron chi connectivity index (χ0n) is 23.2. The number of nitrogens with zero attached hydrogens (tertiary/aromatic N) is 7. The Morgan fingerprint density at radius 2 is 1.93 bits per heavy atom. The average molecular weight is 566 g/mol. The van der Waals surface area contributed by atoms with Crippen LogP contribution in [-0.2, 0) is 20.1 Å². The van der Waals surface area contributed by atoms with Gasteiger partial charge in [-0.1, -0.05) is 12.1 Å². The molecule has 1 saturated heterocycles. The minimum atomic E-state index is -0.426. The fourth-order valence-electron chi connectivity index (χ4n) is 6.19. The number of hydrogen-bond acceptors (Lipinski definition) is 5. The van der Waals surface area contributed by atoms with Gasteiger partial charge in [0.15, 0.2) is 11.5 Å². The van der Waals surface area contributed by atoms with Crippen molar-refractivity contribution in [3.63, 3.8) is 0 Å². The minimum Gasteiger partial charge on any atom is -0.317 e. The van der Waals surface area contributed by atoms with Crippen LogP contribution in [0.15, 0.2) is 48.8 Å². The van der Waals surface area contributed by atoms with Crippen LogP contribution in [0.3, 0.4) is 0 Å². The number of anilines is 1. The highest BCUT2D eigenvalue weighted by molar-refractivity contribution is 6.10. The maximum Gasteiger partial charge on any atom is 0.260 e. The van der Waals surface area contributed by atoms with Crippen molar-refractivity contribution < 1.29 is 13.6 Å². The second kappa shape index (κ2) is 10.4. The Labute approximate surface area is 242 Å². The maximum absolute atomic E-state index is 15.4. The second-order valence-electron chi connectivity index (χ2n) is 11.4. The molecule has 2 fully saturated rings. The van der Waals surface area contributed by atoms with E-state index in [1.165, 1.54) is 6.07 Å². The summed E-state index contributed by atoms with van der Waals surface area (Å²) in [6.45, 7) is 8.36. The molecule has 0 spiro atoms. The molecule has 4 heterocycles. The molecule has 0 bridgehead atoms. The van der Waals surface area contributed by atoms with Gasteiger partial charge in [0.2, 0.25) is 0 Å². The van der Waals surface area contributed by atoms with Crippen molar-refractivity contribution in [2.24, 2.45) is 7.05 Å². The summed E-state index contributed by atoms with van der Waals surface area (Å²) >= 11 is 0. The SMILES string of the molecule is [C-]#[N+]c1ccc(-c2cc(C3CC3)nc(N3Cc4c(F)cc(CN5CCC[C@@H]5CF)cc4C3=O)c2)c(-c2nncn2C)c1. The molecule has 2 aromatic heterocycles. The predicted molar refractivity (Wildman–Crippen MR) is 154 cm³/mol. The fourth-order valence-corrected chi connectivity index (χ4v) is 6.19. The van der Waals surface area contributed by atoms with Crippen molar-refractivity contribution in [1.29, 1.82) is 0 Å². The molecule has 1 aliphatic carbocycles. The van der Waals surface area contributed by atoms with Crippen LogP contribution in [0, 0.1) is 12.4 Å². The maximum atomic E-state index is 15.4. The number of alkyl halides is 1. The van der Waals surface area contributed by atoms with Gasteiger partial charge in [-0.15, -0.1) is 10.2 Å². The van der Waals surface area contributed by atoms with E-state index in [1.807, 2.05) is 30.1 Å². The zero-order chi connectivity index (χ0) is 29.0. The number of halogens is 2. The van der Waals surface area contributed by atoms with E-state index < -0.39 is 12.5 Å². The molecule has 1 atom stereocenters. The summed E-state index contributed by atoms with van der Waals surface area (Å²) in [5.74, 6) is 0.669. The van der Waals surface area contributed by atoms with Crippen LogP contribution in [-0.4, -0.2) is 49.8 Å². The van der Waals surface area contributed by atoms with Crippen LogP contribution >= 0.6 is 0 Å². The van der Waals surface area contributed by atoms with E-state index in [9.17, 15) is 9.18 Å². The summed E-state index contributed by atoms with van der Waals surface area (Å²) in [5, 5.41) is 8.31. The zero-order valence-corrected chi connectivity index (χ0v) is 23.2. The molecule has 42 heavy (non-hydrogen) atoms. The lowest BCUT2D eigenvalue weighted by Gasteiger charge is -2.22. The Morgan fingerprint density at radius 1 is 1.07 bits per heavy atom. The molecule has 3 aliphatic rings. The number of amides is 1. The van der Waals surface area contributed by atoms with Gasteiger partial charge in [-0.25, -0.2) is 18.6 Å². The van der Waals surface area contributed by atoms with Crippen LogP contribution in [0.1, 0.15) is 58.8 Å². The minimum absolute atomic E-state index is 0.0878. The monoisotopic (exact) mass is 565 g/mol. The van der Waals surface area contributed by atoms with Crippen LogP contribution < -0.4 is 4.90 Å². The number of likely N-dealkylation sites (tertiary alicyclic amines) is 1. The van der Waals surface area contributed by atoms with E-state index in [-0.39, 0.29) is 18.5 Å². The number of fused-ring (bicyclic) bond motifs is 1. The molecule has 10 heteroatoms. The first kappa shape index (κ1) is 26.4. The van der Waals surface area contributed by atoms with E-state index >= 15 is 4.39 Å². The van der Waals surface area contributed by atoms with Crippen molar-refractivity contribution >= 4 is 17.4 Å². The summed E-state index contributed by atoms with van der Waals surface area (Å²) in [6, 6.07) is 12.4.